The molecule has 0 heterocycles. The second-order valence-electron chi connectivity index (χ2n) is 4.41. The fraction of sp³-hybridized carbons (Fsp3) is 0.357. The lowest BCUT2D eigenvalue weighted by atomic mass is 10.1. The third-order valence-electron chi connectivity index (χ3n) is 2.51. The van der Waals surface area contributed by atoms with Crippen LogP contribution in [0.5, 0.6) is 0 Å². The fourth-order valence-corrected chi connectivity index (χ4v) is 1.39. The summed E-state index contributed by atoms with van der Waals surface area (Å²) in [6, 6.07) is 7.10. The molecule has 17 heavy (non-hydrogen) atoms. The van der Waals surface area contributed by atoms with Crippen molar-refractivity contribution in [2.75, 3.05) is 6.54 Å². The van der Waals surface area contributed by atoms with E-state index in [0.29, 0.717) is 6.54 Å². The van der Waals surface area contributed by atoms with E-state index in [0.717, 1.165) is 11.1 Å². The highest BCUT2D eigenvalue weighted by molar-refractivity contribution is 5.83. The minimum Gasteiger partial charge on any atom is -0.351 e. The van der Waals surface area contributed by atoms with Crippen molar-refractivity contribution < 1.29 is 4.79 Å². The summed E-state index contributed by atoms with van der Waals surface area (Å²) in [5.41, 5.74) is 9.04. The number of hydrogen-bond donors (Lipinski definition) is 2. The smallest absolute Gasteiger partial charge is 0.241 e. The van der Waals surface area contributed by atoms with Crippen molar-refractivity contribution in [3.8, 4) is 0 Å². The first-order chi connectivity index (χ1) is 8.00. The van der Waals surface area contributed by atoms with E-state index in [1.165, 1.54) is 5.57 Å². The van der Waals surface area contributed by atoms with E-state index in [1.807, 2.05) is 51.1 Å². The lowest BCUT2D eigenvalue weighted by molar-refractivity contribution is -0.122. The molecule has 0 radical (unpaired) electrons. The Labute approximate surface area is 103 Å². The minimum atomic E-state index is -0.596. The Morgan fingerprint density at radius 3 is 2.47 bits per heavy atom. The molecule has 0 aliphatic carbocycles. The highest BCUT2D eigenvalue weighted by Gasteiger charge is 2.14. The van der Waals surface area contributed by atoms with Crippen LogP contribution >= 0.6 is 0 Å². The first kappa shape index (κ1) is 13.5. The first-order valence-corrected chi connectivity index (χ1v) is 5.74. The van der Waals surface area contributed by atoms with Crippen LogP contribution in [0.25, 0.3) is 0 Å². The maximum absolute atomic E-state index is 11.7. The highest BCUT2D eigenvalue weighted by Crippen LogP contribution is 2.11. The second kappa shape index (κ2) is 6.21. The quantitative estimate of drug-likeness (QED) is 0.781. The maximum Gasteiger partial charge on any atom is 0.241 e. The average molecular weight is 232 g/mol. The van der Waals surface area contributed by atoms with Crippen LogP contribution in [0.2, 0.25) is 0 Å². The SMILES string of the molecule is CC(C)=CCNC(=O)C(N)c1ccc(C)cc1. The van der Waals surface area contributed by atoms with Crippen LogP contribution in [0, 0.1) is 6.92 Å². The Balaban J connectivity index is 2.57. The third-order valence-corrected chi connectivity index (χ3v) is 2.51. The number of nitrogens with two attached hydrogens (primary N) is 1. The summed E-state index contributed by atoms with van der Waals surface area (Å²) in [6.07, 6.45) is 1.96. The highest BCUT2D eigenvalue weighted by atomic mass is 16.2. The molecule has 3 heteroatoms. The molecule has 0 fully saturated rings. The van der Waals surface area contributed by atoms with E-state index >= 15 is 0 Å². The number of carbonyl (C=O) groups excluding carboxylic acids is 1. The monoisotopic (exact) mass is 232 g/mol. The molecule has 0 aliphatic rings. The lowest BCUT2D eigenvalue weighted by Gasteiger charge is -2.11. The van der Waals surface area contributed by atoms with E-state index in [1.54, 1.807) is 0 Å². The van der Waals surface area contributed by atoms with Gasteiger partial charge in [-0.2, -0.15) is 0 Å². The second-order valence-corrected chi connectivity index (χ2v) is 4.41. The van der Waals surface area contributed by atoms with Crippen molar-refractivity contribution in [2.45, 2.75) is 26.8 Å². The van der Waals surface area contributed by atoms with Gasteiger partial charge in [0.1, 0.15) is 6.04 Å². The van der Waals surface area contributed by atoms with Crippen molar-refractivity contribution in [3.05, 3.63) is 47.0 Å². The Kier molecular flexibility index (Phi) is 4.91. The van der Waals surface area contributed by atoms with Crippen LogP contribution < -0.4 is 11.1 Å². The number of carbonyl (C=O) groups is 1. The van der Waals surface area contributed by atoms with E-state index in [9.17, 15) is 4.79 Å². The Morgan fingerprint density at radius 2 is 1.94 bits per heavy atom. The van der Waals surface area contributed by atoms with Gasteiger partial charge in [0.15, 0.2) is 0 Å². The van der Waals surface area contributed by atoms with Crippen molar-refractivity contribution in [2.24, 2.45) is 5.73 Å². The van der Waals surface area contributed by atoms with Crippen LogP contribution in [0.3, 0.4) is 0 Å². The zero-order valence-corrected chi connectivity index (χ0v) is 10.7. The summed E-state index contributed by atoms with van der Waals surface area (Å²) >= 11 is 0. The maximum atomic E-state index is 11.7. The van der Waals surface area contributed by atoms with Crippen molar-refractivity contribution in [1.29, 1.82) is 0 Å². The number of nitrogens with one attached hydrogen (secondary N) is 1. The van der Waals surface area contributed by atoms with Gasteiger partial charge in [0, 0.05) is 6.54 Å². The Bertz CT molecular complexity index is 403. The number of aryl methyl sites for hydroxylation is 1. The molecular formula is C14H20N2O. The van der Waals surface area contributed by atoms with Crippen molar-refractivity contribution >= 4 is 5.91 Å². The number of rotatable bonds is 4. The number of benzene rings is 1. The number of hydrogen-bond acceptors (Lipinski definition) is 2. The summed E-state index contributed by atoms with van der Waals surface area (Å²) in [7, 11) is 0. The average Bonchev–Trinajstić information content (AvgIpc) is 2.28. The van der Waals surface area contributed by atoms with Gasteiger partial charge in [-0.25, -0.2) is 0 Å². The van der Waals surface area contributed by atoms with Crippen LogP contribution in [0.15, 0.2) is 35.9 Å². The molecule has 0 aromatic heterocycles. The van der Waals surface area contributed by atoms with Gasteiger partial charge in [-0.15, -0.1) is 0 Å². The lowest BCUT2D eigenvalue weighted by Crippen LogP contribution is -2.34. The largest absolute Gasteiger partial charge is 0.351 e. The van der Waals surface area contributed by atoms with Gasteiger partial charge in [0.25, 0.3) is 0 Å². The third kappa shape index (κ3) is 4.41. The van der Waals surface area contributed by atoms with Crippen LogP contribution in [0.4, 0.5) is 0 Å². The van der Waals surface area contributed by atoms with Gasteiger partial charge in [-0.1, -0.05) is 41.5 Å². The summed E-state index contributed by atoms with van der Waals surface area (Å²) < 4.78 is 0. The van der Waals surface area contributed by atoms with Crippen LogP contribution in [0.1, 0.15) is 31.0 Å². The molecule has 1 atom stereocenters. The zero-order chi connectivity index (χ0) is 12.8. The topological polar surface area (TPSA) is 55.1 Å². The number of amides is 1. The molecule has 0 saturated heterocycles. The summed E-state index contributed by atoms with van der Waals surface area (Å²) in [5.74, 6) is -0.147. The summed E-state index contributed by atoms with van der Waals surface area (Å²) in [5, 5.41) is 2.79. The van der Waals surface area contributed by atoms with Gasteiger partial charge in [-0.3, -0.25) is 4.79 Å². The van der Waals surface area contributed by atoms with Crippen LogP contribution in [-0.2, 0) is 4.79 Å². The Hall–Kier alpha value is -1.61. The van der Waals surface area contributed by atoms with E-state index in [2.05, 4.69) is 5.32 Å². The molecule has 1 rings (SSSR count). The molecule has 1 unspecified atom stereocenters. The van der Waals surface area contributed by atoms with Gasteiger partial charge in [0.05, 0.1) is 0 Å². The first-order valence-electron chi connectivity index (χ1n) is 5.74. The van der Waals surface area contributed by atoms with Gasteiger partial charge in [0.2, 0.25) is 5.91 Å². The molecular weight excluding hydrogens is 212 g/mol. The van der Waals surface area contributed by atoms with Crippen LogP contribution in [-0.4, -0.2) is 12.5 Å². The van der Waals surface area contributed by atoms with Crippen molar-refractivity contribution in [1.82, 2.24) is 5.32 Å². The van der Waals surface area contributed by atoms with E-state index in [4.69, 9.17) is 5.73 Å². The molecule has 1 aromatic rings. The molecule has 0 bridgehead atoms. The zero-order valence-electron chi connectivity index (χ0n) is 10.7. The molecule has 1 amide bonds. The molecule has 0 spiro atoms. The molecule has 92 valence electrons. The minimum absolute atomic E-state index is 0.147. The normalized spacial score (nSPS) is 11.8. The summed E-state index contributed by atoms with van der Waals surface area (Å²) in [4.78, 5) is 11.7. The molecule has 3 nitrogen and oxygen atoms in total. The number of allylic oxidation sites excluding steroid dienone is 1. The van der Waals surface area contributed by atoms with E-state index in [-0.39, 0.29) is 5.91 Å². The predicted molar refractivity (Wildman–Crippen MR) is 70.5 cm³/mol. The summed E-state index contributed by atoms with van der Waals surface area (Å²) in [6.45, 7) is 6.52. The van der Waals surface area contributed by atoms with Crippen molar-refractivity contribution in [3.63, 3.8) is 0 Å². The molecule has 0 saturated carbocycles. The Morgan fingerprint density at radius 1 is 1.35 bits per heavy atom. The molecule has 1 aromatic carbocycles. The standard InChI is InChI=1S/C14H20N2O/c1-10(2)8-9-16-14(17)13(15)12-6-4-11(3)5-7-12/h4-8,13H,9,15H2,1-3H3,(H,16,17). The predicted octanol–water partition coefficient (Wildman–Crippen LogP) is 2.08. The molecule has 3 N–H and O–H groups in total. The fourth-order valence-electron chi connectivity index (χ4n) is 1.39. The van der Waals surface area contributed by atoms with Gasteiger partial charge < -0.3 is 11.1 Å². The molecule has 0 aliphatic heterocycles. The van der Waals surface area contributed by atoms with E-state index < -0.39 is 6.04 Å². The van der Waals surface area contributed by atoms with Gasteiger partial charge >= 0.3 is 0 Å². The van der Waals surface area contributed by atoms with Gasteiger partial charge in [-0.05, 0) is 26.3 Å².